The fourth-order valence-corrected chi connectivity index (χ4v) is 3.33. The van der Waals surface area contributed by atoms with Gasteiger partial charge in [-0.2, -0.15) is 13.2 Å². The van der Waals surface area contributed by atoms with E-state index in [1.807, 2.05) is 19.9 Å². The van der Waals surface area contributed by atoms with Crippen molar-refractivity contribution in [1.82, 2.24) is 0 Å². The lowest BCUT2D eigenvalue weighted by Crippen LogP contribution is -2.06. The maximum absolute atomic E-state index is 12.0. The predicted octanol–water partition coefficient (Wildman–Crippen LogP) is 16.7. The Morgan fingerprint density at radius 1 is 0.681 bits per heavy atom. The molecular weight excluding hydrogens is 585 g/mol. The maximum Gasteiger partial charge on any atom is 0.416 e. The van der Waals surface area contributed by atoms with Gasteiger partial charge in [0.05, 0.1) is 5.56 Å². The summed E-state index contributed by atoms with van der Waals surface area (Å²) in [7, 11) is 0. The van der Waals surface area contributed by atoms with Gasteiger partial charge in [-0.05, 0) is 88.1 Å². The highest BCUT2D eigenvalue weighted by molar-refractivity contribution is 5.62. The number of rotatable bonds is 11. The summed E-state index contributed by atoms with van der Waals surface area (Å²) in [5.74, 6) is 0. The standard InChI is InChI=1S/C14H20.C8H7F3.C7H14.C5H12.C4H10.C4H8.C2H6/c1-5-6-7-13-8-9-14(11(2)3)10-12(13)4;1-6-4-2-3-5-7(6)8(9,10)11;1-4-5-6-7(2)3;1-3-5-4-2;2*1-3-4-2;1-2/h8-10H,2,5-7H2,1,3-4H3;2-5H,1H3;2,4-6H2,1,3H3;3-5H2,1-2H3;3-4H2,1-2H3;3H,1,4H2,2H3;1-2H3. The largest absolute Gasteiger partial charge is 0.416 e. The van der Waals surface area contributed by atoms with Gasteiger partial charge in [0.25, 0.3) is 0 Å². The minimum absolute atomic E-state index is 0.264. The zero-order valence-electron chi connectivity index (χ0n) is 33.4. The average Bonchev–Trinajstić information content (AvgIpc) is 3.05. The third-order valence-electron chi connectivity index (χ3n) is 6.54. The Bertz CT molecular complexity index is 962. The summed E-state index contributed by atoms with van der Waals surface area (Å²) in [6.45, 7) is 38.3. The topological polar surface area (TPSA) is 0 Å². The van der Waals surface area contributed by atoms with E-state index in [-0.39, 0.29) is 5.56 Å². The highest BCUT2D eigenvalue weighted by Gasteiger charge is 2.31. The molecule has 2 rings (SSSR count). The minimum atomic E-state index is -4.22. The van der Waals surface area contributed by atoms with Crippen molar-refractivity contribution in [2.75, 3.05) is 0 Å². The number of unbranched alkanes of at least 4 members (excludes halogenated alkanes) is 5. The third kappa shape index (κ3) is 39.5. The molecule has 0 amide bonds. The molecule has 2 aromatic rings. The van der Waals surface area contributed by atoms with Crippen LogP contribution in [0.1, 0.15) is 175 Å². The molecule has 0 fully saturated rings. The molecule has 0 aliphatic heterocycles. The quantitative estimate of drug-likeness (QED) is 0.210. The number of aryl methyl sites for hydroxylation is 3. The van der Waals surface area contributed by atoms with Gasteiger partial charge in [-0.15, -0.1) is 13.2 Å². The number of allylic oxidation sites excluding steroid dienone is 3. The van der Waals surface area contributed by atoms with Crippen molar-refractivity contribution in [1.29, 1.82) is 0 Å². The molecule has 0 bridgehead atoms. The van der Waals surface area contributed by atoms with Gasteiger partial charge in [0.2, 0.25) is 0 Å². The molecule has 0 saturated heterocycles. The Kier molecular flexibility index (Phi) is 45.5. The van der Waals surface area contributed by atoms with E-state index in [9.17, 15) is 13.2 Å². The van der Waals surface area contributed by atoms with Crippen molar-refractivity contribution in [3.8, 4) is 0 Å². The van der Waals surface area contributed by atoms with Gasteiger partial charge >= 0.3 is 6.18 Å². The first kappa shape index (κ1) is 53.9. The predicted molar refractivity (Wildman–Crippen MR) is 213 cm³/mol. The van der Waals surface area contributed by atoms with Gasteiger partial charge in [0.1, 0.15) is 0 Å². The maximum atomic E-state index is 12.0. The van der Waals surface area contributed by atoms with Crippen molar-refractivity contribution in [3.63, 3.8) is 0 Å². The molecule has 0 saturated carbocycles. The van der Waals surface area contributed by atoms with Crippen molar-refractivity contribution >= 4 is 5.57 Å². The summed E-state index contributed by atoms with van der Waals surface area (Å²) in [5.41, 5.74) is 6.32. The number of benzene rings is 2. The van der Waals surface area contributed by atoms with E-state index in [1.165, 1.54) is 112 Å². The van der Waals surface area contributed by atoms with Crippen LogP contribution in [0.2, 0.25) is 0 Å². The summed E-state index contributed by atoms with van der Waals surface area (Å²) >= 11 is 0. The van der Waals surface area contributed by atoms with Gasteiger partial charge in [0, 0.05) is 0 Å². The summed E-state index contributed by atoms with van der Waals surface area (Å²) in [6.07, 6.45) is 13.0. The summed E-state index contributed by atoms with van der Waals surface area (Å²) in [6, 6.07) is 12.2. The molecule has 274 valence electrons. The third-order valence-corrected chi connectivity index (χ3v) is 6.54. The zero-order valence-corrected chi connectivity index (χ0v) is 33.4. The molecule has 3 heteroatoms. The number of halogens is 3. The van der Waals surface area contributed by atoms with E-state index in [0.29, 0.717) is 0 Å². The van der Waals surface area contributed by atoms with Crippen LogP contribution in [-0.2, 0) is 12.6 Å². The van der Waals surface area contributed by atoms with Gasteiger partial charge < -0.3 is 0 Å². The Morgan fingerprint density at radius 2 is 1.15 bits per heavy atom. The molecule has 0 aliphatic rings. The van der Waals surface area contributed by atoms with Gasteiger partial charge in [-0.3, -0.25) is 0 Å². The first-order chi connectivity index (χ1) is 22.2. The molecule has 0 atom stereocenters. The lowest BCUT2D eigenvalue weighted by molar-refractivity contribution is -0.138. The normalized spacial score (nSPS) is 9.28. The lowest BCUT2D eigenvalue weighted by atomic mass is 9.98. The molecule has 0 spiro atoms. The van der Waals surface area contributed by atoms with Crippen molar-refractivity contribution in [3.05, 3.63) is 102 Å². The first-order valence-corrected chi connectivity index (χ1v) is 18.3. The van der Waals surface area contributed by atoms with E-state index in [2.05, 4.69) is 107 Å². The SMILES string of the molecule is C=C(C)CCCC.C=C(C)c1ccc(CCCC)c(C)c1.C=CCC.CC.CCCC.CCCCC.Cc1ccccc1C(F)(F)F. The van der Waals surface area contributed by atoms with Crippen LogP contribution in [0.4, 0.5) is 13.2 Å². The van der Waals surface area contributed by atoms with Crippen LogP contribution >= 0.6 is 0 Å². The molecule has 0 unspecified atom stereocenters. The Balaban J connectivity index is -0.000000159. The number of hydrogen-bond acceptors (Lipinski definition) is 0. The zero-order chi connectivity index (χ0) is 37.7. The molecule has 0 aliphatic carbocycles. The molecule has 0 heterocycles. The number of hydrogen-bond donors (Lipinski definition) is 0. The fourth-order valence-electron chi connectivity index (χ4n) is 3.33. The van der Waals surface area contributed by atoms with E-state index >= 15 is 0 Å². The highest BCUT2D eigenvalue weighted by Crippen LogP contribution is 2.31. The van der Waals surface area contributed by atoms with Crippen LogP contribution in [0.15, 0.2) is 73.9 Å². The second-order valence-electron chi connectivity index (χ2n) is 11.4. The van der Waals surface area contributed by atoms with E-state index < -0.39 is 11.7 Å². The van der Waals surface area contributed by atoms with Crippen LogP contribution in [0.25, 0.3) is 5.57 Å². The molecule has 0 aromatic heterocycles. The van der Waals surface area contributed by atoms with E-state index in [0.717, 1.165) is 18.1 Å². The van der Waals surface area contributed by atoms with Crippen LogP contribution in [0.5, 0.6) is 0 Å². The van der Waals surface area contributed by atoms with Crippen molar-refractivity contribution in [2.45, 2.75) is 173 Å². The molecule has 47 heavy (non-hydrogen) atoms. The molecule has 2 aromatic carbocycles. The second-order valence-corrected chi connectivity index (χ2v) is 11.4. The van der Waals surface area contributed by atoms with Crippen LogP contribution < -0.4 is 0 Å². The smallest absolute Gasteiger partial charge is 0.166 e. The van der Waals surface area contributed by atoms with Crippen LogP contribution in [0, 0.1) is 13.8 Å². The molecule has 0 N–H and O–H groups in total. The fraction of sp³-hybridized carbons (Fsp3) is 0.591. The van der Waals surface area contributed by atoms with Crippen LogP contribution in [-0.4, -0.2) is 0 Å². The summed E-state index contributed by atoms with van der Waals surface area (Å²) in [4.78, 5) is 0. The molecular formula is C44H77F3. The average molecular weight is 663 g/mol. The second kappa shape index (κ2) is 39.6. The van der Waals surface area contributed by atoms with Gasteiger partial charge in [0.15, 0.2) is 0 Å². The van der Waals surface area contributed by atoms with Gasteiger partial charge in [-0.1, -0.05) is 167 Å². The lowest BCUT2D eigenvalue weighted by Gasteiger charge is -2.08. The Labute approximate surface area is 293 Å². The monoisotopic (exact) mass is 663 g/mol. The first-order valence-electron chi connectivity index (χ1n) is 18.3. The molecule has 0 radical (unpaired) electrons. The molecule has 0 nitrogen and oxygen atoms in total. The van der Waals surface area contributed by atoms with E-state index in [4.69, 9.17) is 0 Å². The number of alkyl halides is 3. The minimum Gasteiger partial charge on any atom is -0.166 e. The summed E-state index contributed by atoms with van der Waals surface area (Å²) < 4.78 is 36.1. The van der Waals surface area contributed by atoms with Crippen LogP contribution in [0.3, 0.4) is 0 Å². The van der Waals surface area contributed by atoms with Crippen molar-refractivity contribution < 1.29 is 13.2 Å². The van der Waals surface area contributed by atoms with Crippen molar-refractivity contribution in [2.24, 2.45) is 0 Å². The summed E-state index contributed by atoms with van der Waals surface area (Å²) in [5, 5.41) is 0. The van der Waals surface area contributed by atoms with E-state index in [1.54, 1.807) is 6.07 Å². The Hall–Kier alpha value is -2.55. The van der Waals surface area contributed by atoms with Gasteiger partial charge in [-0.25, -0.2) is 0 Å². The highest BCUT2D eigenvalue weighted by atomic mass is 19.4. The Morgan fingerprint density at radius 3 is 1.40 bits per heavy atom.